The zero-order valence-electron chi connectivity index (χ0n) is 18.8. The smallest absolute Gasteiger partial charge is 0.344 e. The Kier molecular flexibility index (Phi) is 7.37. The van der Waals surface area contributed by atoms with E-state index in [1.807, 2.05) is 30.3 Å². The molecule has 1 aliphatic heterocycles. The number of hydrogen-bond acceptors (Lipinski definition) is 7. The molecule has 0 atom stereocenters. The summed E-state index contributed by atoms with van der Waals surface area (Å²) < 4.78 is 11.1. The Labute approximate surface area is 214 Å². The highest BCUT2D eigenvalue weighted by Crippen LogP contribution is 2.34. The lowest BCUT2D eigenvalue weighted by Crippen LogP contribution is -2.35. The SMILES string of the molecule is CC(C)OC(=O)CN1C(=O)S/C(=C\c2ccc(OC(=O)c3cccc4ccccc34)c(Br)c2)C1=O. The number of hydrogen-bond donors (Lipinski definition) is 0. The molecule has 0 spiro atoms. The van der Waals surface area contributed by atoms with Crippen LogP contribution in [-0.4, -0.2) is 40.6 Å². The lowest BCUT2D eigenvalue weighted by Gasteiger charge is -2.13. The molecule has 1 heterocycles. The Morgan fingerprint density at radius 3 is 2.54 bits per heavy atom. The molecule has 0 radical (unpaired) electrons. The molecule has 4 rings (SSSR count). The Morgan fingerprint density at radius 2 is 1.80 bits per heavy atom. The van der Waals surface area contributed by atoms with Crippen molar-refractivity contribution in [3.8, 4) is 5.75 Å². The predicted octanol–water partition coefficient (Wildman–Crippen LogP) is 5.81. The Balaban J connectivity index is 1.49. The molecule has 0 unspecified atom stereocenters. The van der Waals surface area contributed by atoms with Crippen LogP contribution in [0.1, 0.15) is 29.8 Å². The first-order valence-corrected chi connectivity index (χ1v) is 12.3. The number of ether oxygens (including phenoxy) is 2. The molecule has 0 saturated carbocycles. The molecule has 1 fully saturated rings. The summed E-state index contributed by atoms with van der Waals surface area (Å²) in [7, 11) is 0. The second kappa shape index (κ2) is 10.5. The van der Waals surface area contributed by atoms with Crippen LogP contribution in [0.2, 0.25) is 0 Å². The number of nitrogens with zero attached hydrogens (tertiary/aromatic N) is 1. The number of benzene rings is 3. The van der Waals surface area contributed by atoms with Gasteiger partial charge in [0.05, 0.1) is 21.0 Å². The van der Waals surface area contributed by atoms with Crippen molar-refractivity contribution < 1.29 is 28.7 Å². The third-order valence-electron chi connectivity index (χ3n) is 4.99. The lowest BCUT2D eigenvalue weighted by molar-refractivity contribution is -0.149. The number of imide groups is 1. The summed E-state index contributed by atoms with van der Waals surface area (Å²) in [5, 5.41) is 1.19. The van der Waals surface area contributed by atoms with Gasteiger partial charge in [-0.15, -0.1) is 0 Å². The molecule has 1 saturated heterocycles. The summed E-state index contributed by atoms with van der Waals surface area (Å²) in [6, 6.07) is 17.9. The summed E-state index contributed by atoms with van der Waals surface area (Å²) in [5.41, 5.74) is 1.06. The molecule has 0 bridgehead atoms. The molecular weight excluding hydrogens is 534 g/mol. The fraction of sp³-hybridized carbons (Fsp3) is 0.154. The van der Waals surface area contributed by atoms with Gasteiger partial charge in [0.1, 0.15) is 12.3 Å². The standard InChI is InChI=1S/C26H20BrNO6S/c1-15(2)33-23(29)14-28-24(30)22(35-26(28)32)13-16-10-11-21(20(27)12-16)34-25(31)19-9-5-7-17-6-3-4-8-18(17)19/h3-13,15H,14H2,1-2H3/b22-13-. The molecule has 3 aromatic carbocycles. The topological polar surface area (TPSA) is 90.0 Å². The van der Waals surface area contributed by atoms with Crippen LogP contribution in [0.4, 0.5) is 4.79 Å². The van der Waals surface area contributed by atoms with Crippen LogP contribution >= 0.6 is 27.7 Å². The minimum atomic E-state index is -0.649. The van der Waals surface area contributed by atoms with E-state index in [-0.39, 0.29) is 11.0 Å². The number of halogens is 1. The molecule has 2 amide bonds. The van der Waals surface area contributed by atoms with Crippen molar-refractivity contribution in [2.24, 2.45) is 0 Å². The molecule has 178 valence electrons. The van der Waals surface area contributed by atoms with Gasteiger partial charge >= 0.3 is 11.9 Å². The minimum Gasteiger partial charge on any atom is -0.462 e. The normalized spacial score (nSPS) is 14.7. The van der Waals surface area contributed by atoms with E-state index in [4.69, 9.17) is 9.47 Å². The second-order valence-corrected chi connectivity index (χ2v) is 9.76. The quantitative estimate of drug-likeness (QED) is 0.216. The van der Waals surface area contributed by atoms with Crippen molar-refractivity contribution in [2.45, 2.75) is 20.0 Å². The van der Waals surface area contributed by atoms with Crippen LogP contribution in [0.25, 0.3) is 16.8 Å². The zero-order valence-corrected chi connectivity index (χ0v) is 21.2. The number of fused-ring (bicyclic) bond motifs is 1. The third kappa shape index (κ3) is 5.63. The summed E-state index contributed by atoms with van der Waals surface area (Å²) in [4.78, 5) is 50.6. The molecule has 0 N–H and O–H groups in total. The second-order valence-electron chi connectivity index (χ2n) is 7.91. The van der Waals surface area contributed by atoms with Gasteiger partial charge in [-0.05, 0) is 82.2 Å². The first kappa shape index (κ1) is 24.7. The van der Waals surface area contributed by atoms with Crippen LogP contribution in [-0.2, 0) is 14.3 Å². The number of carbonyl (C=O) groups is 4. The number of thioether (sulfide) groups is 1. The average molecular weight is 554 g/mol. The molecule has 0 aromatic heterocycles. The van der Waals surface area contributed by atoms with Gasteiger partial charge in [0.15, 0.2) is 0 Å². The van der Waals surface area contributed by atoms with E-state index >= 15 is 0 Å². The van der Waals surface area contributed by atoms with Gasteiger partial charge in [-0.2, -0.15) is 0 Å². The summed E-state index contributed by atoms with van der Waals surface area (Å²) in [6.45, 7) is 2.94. The van der Waals surface area contributed by atoms with E-state index in [2.05, 4.69) is 15.9 Å². The fourth-order valence-corrected chi connectivity index (χ4v) is 4.78. The van der Waals surface area contributed by atoms with E-state index < -0.39 is 29.6 Å². The Bertz CT molecular complexity index is 1380. The van der Waals surface area contributed by atoms with Crippen LogP contribution in [0, 0.1) is 0 Å². The van der Waals surface area contributed by atoms with Crippen molar-refractivity contribution in [1.82, 2.24) is 4.90 Å². The maximum Gasteiger partial charge on any atom is 0.344 e. The molecule has 9 heteroatoms. The van der Waals surface area contributed by atoms with Gasteiger partial charge < -0.3 is 9.47 Å². The van der Waals surface area contributed by atoms with E-state index in [9.17, 15) is 19.2 Å². The molecule has 1 aliphatic rings. The lowest BCUT2D eigenvalue weighted by atomic mass is 10.0. The van der Waals surface area contributed by atoms with Gasteiger partial charge in [0, 0.05) is 0 Å². The van der Waals surface area contributed by atoms with Crippen LogP contribution in [0.3, 0.4) is 0 Å². The Morgan fingerprint density at radius 1 is 1.06 bits per heavy atom. The van der Waals surface area contributed by atoms with Gasteiger partial charge in [0.25, 0.3) is 11.1 Å². The van der Waals surface area contributed by atoms with Gasteiger partial charge in [-0.25, -0.2) is 4.79 Å². The van der Waals surface area contributed by atoms with Crippen LogP contribution in [0.5, 0.6) is 5.75 Å². The van der Waals surface area contributed by atoms with Gasteiger partial charge in [0.2, 0.25) is 0 Å². The molecule has 7 nitrogen and oxygen atoms in total. The number of esters is 2. The zero-order chi connectivity index (χ0) is 25.1. The highest BCUT2D eigenvalue weighted by molar-refractivity contribution is 9.10. The van der Waals surface area contributed by atoms with Crippen LogP contribution < -0.4 is 4.74 Å². The largest absolute Gasteiger partial charge is 0.462 e. The highest BCUT2D eigenvalue weighted by Gasteiger charge is 2.36. The Hall–Kier alpha value is -3.43. The van der Waals surface area contributed by atoms with Crippen molar-refractivity contribution in [3.05, 3.63) is 81.2 Å². The van der Waals surface area contributed by atoms with Crippen molar-refractivity contribution >= 4 is 67.6 Å². The van der Waals surface area contributed by atoms with Crippen molar-refractivity contribution in [3.63, 3.8) is 0 Å². The van der Waals surface area contributed by atoms with E-state index in [1.54, 1.807) is 50.3 Å². The minimum absolute atomic E-state index is 0.180. The summed E-state index contributed by atoms with van der Waals surface area (Å²) >= 11 is 4.15. The number of amides is 2. The highest BCUT2D eigenvalue weighted by atomic mass is 79.9. The third-order valence-corrected chi connectivity index (χ3v) is 6.52. The maximum absolute atomic E-state index is 12.8. The summed E-state index contributed by atoms with van der Waals surface area (Å²) in [5.74, 6) is -1.40. The van der Waals surface area contributed by atoms with Crippen molar-refractivity contribution in [1.29, 1.82) is 0 Å². The average Bonchev–Trinajstić information content (AvgIpc) is 3.07. The number of rotatable bonds is 6. The van der Waals surface area contributed by atoms with E-state index in [0.717, 1.165) is 27.4 Å². The van der Waals surface area contributed by atoms with Crippen LogP contribution in [0.15, 0.2) is 70.0 Å². The number of carbonyl (C=O) groups excluding carboxylic acids is 4. The summed E-state index contributed by atoms with van der Waals surface area (Å²) in [6.07, 6.45) is 1.20. The van der Waals surface area contributed by atoms with E-state index in [1.165, 1.54) is 0 Å². The monoisotopic (exact) mass is 553 g/mol. The van der Waals surface area contributed by atoms with Crippen molar-refractivity contribution in [2.75, 3.05) is 6.54 Å². The van der Waals surface area contributed by atoms with Gasteiger partial charge in [-0.1, -0.05) is 42.5 Å². The molecule has 35 heavy (non-hydrogen) atoms. The molecule has 3 aromatic rings. The predicted molar refractivity (Wildman–Crippen MR) is 137 cm³/mol. The van der Waals surface area contributed by atoms with Gasteiger partial charge in [-0.3, -0.25) is 19.3 Å². The fourth-order valence-electron chi connectivity index (χ4n) is 3.46. The molecular formula is C26H20BrNO6S. The first-order chi connectivity index (χ1) is 16.7. The first-order valence-electron chi connectivity index (χ1n) is 10.7. The van der Waals surface area contributed by atoms with E-state index in [0.29, 0.717) is 21.3 Å². The molecule has 0 aliphatic carbocycles. The maximum atomic E-state index is 12.8.